The molecule has 0 bridgehead atoms. The van der Waals surface area contributed by atoms with Crippen molar-refractivity contribution in [2.24, 2.45) is 0 Å². The van der Waals surface area contributed by atoms with Crippen LogP contribution in [0.5, 0.6) is 0 Å². The van der Waals surface area contributed by atoms with Gasteiger partial charge in [0.1, 0.15) is 11.6 Å². The van der Waals surface area contributed by atoms with Gasteiger partial charge in [0.15, 0.2) is 0 Å². The maximum atomic E-state index is 12.4. The smallest absolute Gasteiger partial charge is 0.323 e. The van der Waals surface area contributed by atoms with Crippen molar-refractivity contribution in [3.8, 4) is 0 Å². The number of halogens is 1. The van der Waals surface area contributed by atoms with Gasteiger partial charge in [0.25, 0.3) is 11.6 Å². The summed E-state index contributed by atoms with van der Waals surface area (Å²) in [5, 5.41) is 19.4. The maximum Gasteiger partial charge on any atom is 0.323 e. The van der Waals surface area contributed by atoms with Crippen LogP contribution in [0.2, 0.25) is 5.02 Å². The van der Waals surface area contributed by atoms with Gasteiger partial charge in [-0.05, 0) is 32.9 Å². The van der Waals surface area contributed by atoms with Crippen LogP contribution in [0.3, 0.4) is 0 Å². The highest BCUT2D eigenvalue weighted by Gasteiger charge is 2.30. The number of nitro groups is 1. The lowest BCUT2D eigenvalue weighted by atomic mass is 10.0. The lowest BCUT2D eigenvalue weighted by Crippen LogP contribution is -2.48. The van der Waals surface area contributed by atoms with Gasteiger partial charge in [-0.2, -0.15) is 0 Å². The van der Waals surface area contributed by atoms with Crippen LogP contribution in [0, 0.1) is 10.1 Å². The van der Waals surface area contributed by atoms with Crippen LogP contribution < -0.4 is 0 Å². The Balaban J connectivity index is 3.18. The largest absolute Gasteiger partial charge is 0.480 e. The average Bonchev–Trinajstić information content (AvgIpc) is 2.33. The third-order valence-corrected chi connectivity index (χ3v) is 3.04. The second-order valence-electron chi connectivity index (χ2n) is 5.38. The lowest BCUT2D eigenvalue weighted by Gasteiger charge is -2.34. The number of nitro benzene ring substituents is 1. The van der Waals surface area contributed by atoms with Crippen molar-refractivity contribution in [3.05, 3.63) is 38.9 Å². The molecule has 0 radical (unpaired) electrons. The van der Waals surface area contributed by atoms with E-state index in [-0.39, 0.29) is 16.3 Å². The average molecular weight is 315 g/mol. The Morgan fingerprint density at radius 3 is 2.33 bits per heavy atom. The van der Waals surface area contributed by atoms with Crippen molar-refractivity contribution in [2.45, 2.75) is 26.3 Å². The van der Waals surface area contributed by atoms with E-state index in [9.17, 15) is 19.7 Å². The maximum absolute atomic E-state index is 12.4. The van der Waals surface area contributed by atoms with Gasteiger partial charge in [-0.3, -0.25) is 19.7 Å². The van der Waals surface area contributed by atoms with Gasteiger partial charge in [0.05, 0.1) is 4.92 Å². The van der Waals surface area contributed by atoms with E-state index in [1.54, 1.807) is 20.8 Å². The molecule has 0 fully saturated rings. The van der Waals surface area contributed by atoms with E-state index in [1.165, 1.54) is 12.1 Å². The van der Waals surface area contributed by atoms with E-state index in [0.717, 1.165) is 11.0 Å². The highest BCUT2D eigenvalue weighted by molar-refractivity contribution is 6.33. The number of carbonyl (C=O) groups excluding carboxylic acids is 1. The SMILES string of the molecule is CC(C)(C)N(CC(=O)O)C(=O)c1ccc([N+](=O)[O-])c(Cl)c1. The number of carboxylic acid groups (broad SMARTS) is 1. The van der Waals surface area contributed by atoms with Crippen molar-refractivity contribution in [1.82, 2.24) is 4.90 Å². The van der Waals surface area contributed by atoms with Crippen LogP contribution in [0.15, 0.2) is 18.2 Å². The fraction of sp³-hybridized carbons (Fsp3) is 0.385. The topological polar surface area (TPSA) is 101 Å². The van der Waals surface area contributed by atoms with Gasteiger partial charge >= 0.3 is 5.97 Å². The number of hydrogen-bond acceptors (Lipinski definition) is 4. The van der Waals surface area contributed by atoms with Crippen molar-refractivity contribution in [3.63, 3.8) is 0 Å². The molecule has 21 heavy (non-hydrogen) atoms. The first-order chi connectivity index (χ1) is 9.54. The highest BCUT2D eigenvalue weighted by atomic mass is 35.5. The molecule has 8 heteroatoms. The summed E-state index contributed by atoms with van der Waals surface area (Å²) in [7, 11) is 0. The first kappa shape index (κ1) is 16.9. The lowest BCUT2D eigenvalue weighted by molar-refractivity contribution is -0.384. The zero-order valence-corrected chi connectivity index (χ0v) is 12.5. The molecule has 0 aliphatic carbocycles. The van der Waals surface area contributed by atoms with Crippen molar-refractivity contribution >= 4 is 29.2 Å². The molecule has 114 valence electrons. The van der Waals surface area contributed by atoms with E-state index in [0.29, 0.717) is 0 Å². The van der Waals surface area contributed by atoms with Gasteiger partial charge in [-0.15, -0.1) is 0 Å². The van der Waals surface area contributed by atoms with Gasteiger partial charge in [-0.1, -0.05) is 11.6 Å². The molecule has 0 saturated carbocycles. The molecule has 0 aliphatic heterocycles. The fourth-order valence-corrected chi connectivity index (χ4v) is 1.94. The van der Waals surface area contributed by atoms with E-state index < -0.39 is 28.9 Å². The van der Waals surface area contributed by atoms with Crippen LogP contribution in [0.1, 0.15) is 31.1 Å². The van der Waals surface area contributed by atoms with E-state index in [4.69, 9.17) is 16.7 Å². The number of hydrogen-bond donors (Lipinski definition) is 1. The molecule has 1 rings (SSSR count). The summed E-state index contributed by atoms with van der Waals surface area (Å²) in [5.74, 6) is -1.70. The first-order valence-electron chi connectivity index (χ1n) is 6.01. The second-order valence-corrected chi connectivity index (χ2v) is 5.79. The minimum atomic E-state index is -1.15. The summed E-state index contributed by atoms with van der Waals surface area (Å²) >= 11 is 5.76. The van der Waals surface area contributed by atoms with Crippen LogP contribution in [-0.2, 0) is 4.79 Å². The normalized spacial score (nSPS) is 11.0. The molecule has 7 nitrogen and oxygen atoms in total. The van der Waals surface area contributed by atoms with E-state index in [1.807, 2.05) is 0 Å². The zero-order chi connectivity index (χ0) is 16.4. The molecule has 0 heterocycles. The zero-order valence-electron chi connectivity index (χ0n) is 11.8. The number of nitrogens with zero attached hydrogens (tertiary/aromatic N) is 2. The number of rotatable bonds is 4. The molecule has 0 atom stereocenters. The van der Waals surface area contributed by atoms with Crippen LogP contribution >= 0.6 is 11.6 Å². The third kappa shape index (κ3) is 4.16. The Hall–Kier alpha value is -2.15. The third-order valence-electron chi connectivity index (χ3n) is 2.74. The Morgan fingerprint density at radius 1 is 1.38 bits per heavy atom. The van der Waals surface area contributed by atoms with Gasteiger partial charge in [0, 0.05) is 17.2 Å². The van der Waals surface area contributed by atoms with Crippen molar-refractivity contribution in [2.75, 3.05) is 6.54 Å². The molecular weight excluding hydrogens is 300 g/mol. The minimum Gasteiger partial charge on any atom is -0.480 e. The van der Waals surface area contributed by atoms with Gasteiger partial charge in [0.2, 0.25) is 0 Å². The number of benzene rings is 1. The molecule has 1 aromatic rings. The standard InChI is InChI=1S/C13H15ClN2O5/c1-13(2,3)15(7-11(17)18)12(19)8-4-5-10(16(20)21)9(14)6-8/h4-6H,7H2,1-3H3,(H,17,18). The number of carbonyl (C=O) groups is 2. The Labute approximate surface area is 126 Å². The predicted octanol–water partition coefficient (Wildman–Crippen LogP) is 2.57. The monoisotopic (exact) mass is 314 g/mol. The molecule has 0 aromatic heterocycles. The van der Waals surface area contributed by atoms with E-state index >= 15 is 0 Å². The summed E-state index contributed by atoms with van der Waals surface area (Å²) in [5.41, 5.74) is -0.931. The summed E-state index contributed by atoms with van der Waals surface area (Å²) in [6, 6.07) is 3.55. The first-order valence-corrected chi connectivity index (χ1v) is 6.39. The molecule has 1 aromatic carbocycles. The fourth-order valence-electron chi connectivity index (χ4n) is 1.69. The summed E-state index contributed by atoms with van der Waals surface area (Å²) < 4.78 is 0. The van der Waals surface area contributed by atoms with Crippen molar-refractivity contribution in [1.29, 1.82) is 0 Å². The van der Waals surface area contributed by atoms with Crippen LogP contribution in [0.25, 0.3) is 0 Å². The number of carboxylic acids is 1. The van der Waals surface area contributed by atoms with Crippen LogP contribution in [-0.4, -0.2) is 38.9 Å². The van der Waals surface area contributed by atoms with Crippen LogP contribution in [0.4, 0.5) is 5.69 Å². The summed E-state index contributed by atoms with van der Waals surface area (Å²) in [6.07, 6.45) is 0. The second kappa shape index (κ2) is 6.09. The quantitative estimate of drug-likeness (QED) is 0.680. The summed E-state index contributed by atoms with van der Waals surface area (Å²) in [6.45, 7) is 4.61. The Kier molecular flexibility index (Phi) is 4.90. The Morgan fingerprint density at radius 2 is 1.95 bits per heavy atom. The molecule has 0 aliphatic rings. The Bertz CT molecular complexity index is 595. The molecule has 1 amide bonds. The summed E-state index contributed by atoms with van der Waals surface area (Å²) in [4.78, 5) is 34.5. The number of amides is 1. The van der Waals surface area contributed by atoms with Gasteiger partial charge in [-0.25, -0.2) is 0 Å². The number of aliphatic carboxylic acids is 1. The molecule has 1 N–H and O–H groups in total. The predicted molar refractivity (Wildman–Crippen MR) is 76.5 cm³/mol. The molecular formula is C13H15ClN2O5. The van der Waals surface area contributed by atoms with Gasteiger partial charge < -0.3 is 10.0 Å². The van der Waals surface area contributed by atoms with Crippen molar-refractivity contribution < 1.29 is 19.6 Å². The molecule has 0 spiro atoms. The molecule has 0 unspecified atom stereocenters. The van der Waals surface area contributed by atoms with E-state index in [2.05, 4.69) is 0 Å². The molecule has 0 saturated heterocycles. The highest BCUT2D eigenvalue weighted by Crippen LogP contribution is 2.26. The minimum absolute atomic E-state index is 0.0989.